The van der Waals surface area contributed by atoms with E-state index >= 15 is 0 Å². The minimum atomic E-state index is -0.539. The number of esters is 2. The molecule has 0 radical (unpaired) electrons. The molecule has 1 aliphatic heterocycles. The van der Waals surface area contributed by atoms with E-state index in [1.807, 2.05) is 12.1 Å². The first-order chi connectivity index (χ1) is 17.1. The van der Waals surface area contributed by atoms with E-state index in [1.54, 1.807) is 17.5 Å². The first-order valence-electron chi connectivity index (χ1n) is 12.9. The molecular weight excluding hydrogens is 460 g/mol. The summed E-state index contributed by atoms with van der Waals surface area (Å²) in [6, 6.07) is 3.94. The van der Waals surface area contributed by atoms with E-state index in [0.717, 1.165) is 78.5 Å². The van der Waals surface area contributed by atoms with Gasteiger partial charge in [0.25, 0.3) is 0 Å². The normalized spacial score (nSPS) is 20.7. The van der Waals surface area contributed by atoms with Crippen molar-refractivity contribution < 1.29 is 19.1 Å². The van der Waals surface area contributed by atoms with E-state index in [1.165, 1.54) is 27.1 Å². The molecule has 6 nitrogen and oxygen atoms in total. The Labute approximate surface area is 210 Å². The van der Waals surface area contributed by atoms with Gasteiger partial charge in [-0.2, -0.15) is 0 Å². The Hall–Kier alpha value is -2.67. The van der Waals surface area contributed by atoms with Crippen LogP contribution in [0.3, 0.4) is 0 Å². The van der Waals surface area contributed by atoms with Gasteiger partial charge in [0.1, 0.15) is 4.83 Å². The summed E-state index contributed by atoms with van der Waals surface area (Å²) in [5.41, 5.74) is 3.96. The van der Waals surface area contributed by atoms with E-state index in [4.69, 9.17) is 9.47 Å². The molecule has 5 rings (SSSR count). The minimum absolute atomic E-state index is 0.251. The fourth-order valence-electron chi connectivity index (χ4n) is 6.26. The third-order valence-electron chi connectivity index (χ3n) is 7.96. The van der Waals surface area contributed by atoms with Gasteiger partial charge in [-0.05, 0) is 54.5 Å². The van der Waals surface area contributed by atoms with Crippen molar-refractivity contribution in [3.8, 4) is 0 Å². The summed E-state index contributed by atoms with van der Waals surface area (Å²) >= 11 is 1.54. The summed E-state index contributed by atoms with van der Waals surface area (Å²) in [5.74, 6) is -0.795. The first kappa shape index (κ1) is 24.0. The van der Waals surface area contributed by atoms with Crippen LogP contribution >= 0.6 is 11.3 Å². The number of aromatic nitrogens is 1. The smallest absolute Gasteiger partial charge is 0.336 e. The van der Waals surface area contributed by atoms with Crippen LogP contribution in [0.5, 0.6) is 0 Å². The molecule has 0 spiro atoms. The van der Waals surface area contributed by atoms with Crippen LogP contribution in [-0.2, 0) is 19.1 Å². The monoisotopic (exact) mass is 494 g/mol. The summed E-state index contributed by atoms with van der Waals surface area (Å²) in [5, 5.41) is 6.73. The molecule has 2 aromatic heterocycles. The molecule has 3 aliphatic rings. The van der Waals surface area contributed by atoms with Gasteiger partial charge < -0.3 is 14.8 Å². The number of hydrogen-bond donors (Lipinski definition) is 1. The van der Waals surface area contributed by atoms with Crippen LogP contribution in [0.2, 0.25) is 0 Å². The van der Waals surface area contributed by atoms with Gasteiger partial charge in [-0.1, -0.05) is 44.6 Å². The van der Waals surface area contributed by atoms with Crippen molar-refractivity contribution in [1.82, 2.24) is 10.3 Å². The number of nitrogens with one attached hydrogen (secondary N) is 1. The number of allylic oxidation sites excluding steroid dienone is 2. The molecule has 3 heterocycles. The Balaban J connectivity index is 1.77. The largest absolute Gasteiger partial charge is 0.466 e. The molecule has 2 saturated carbocycles. The van der Waals surface area contributed by atoms with Gasteiger partial charge in [0, 0.05) is 23.0 Å². The van der Waals surface area contributed by atoms with Gasteiger partial charge in [0.05, 0.1) is 31.3 Å². The lowest BCUT2D eigenvalue weighted by atomic mass is 9.72. The molecule has 2 aliphatic carbocycles. The fraction of sp³-hybridized carbons (Fsp3) is 0.536. The number of thiophene rings is 1. The molecule has 2 fully saturated rings. The van der Waals surface area contributed by atoms with Crippen molar-refractivity contribution >= 4 is 33.5 Å². The highest BCUT2D eigenvalue weighted by atomic mass is 32.1. The zero-order valence-corrected chi connectivity index (χ0v) is 21.4. The number of pyridine rings is 1. The molecule has 0 bridgehead atoms. The summed E-state index contributed by atoms with van der Waals surface area (Å²) in [7, 11) is 2.85. The lowest BCUT2D eigenvalue weighted by Gasteiger charge is -2.39. The number of ether oxygens (including phenoxy) is 2. The molecule has 0 saturated heterocycles. The molecule has 1 N–H and O–H groups in total. The number of nitrogens with zero attached hydrogens (tertiary/aromatic N) is 1. The molecule has 0 amide bonds. The van der Waals surface area contributed by atoms with E-state index in [2.05, 4.69) is 15.7 Å². The predicted octanol–water partition coefficient (Wildman–Crippen LogP) is 6.00. The second kappa shape index (κ2) is 10.5. The van der Waals surface area contributed by atoms with Crippen molar-refractivity contribution in [2.45, 2.75) is 70.1 Å². The Morgan fingerprint density at radius 3 is 1.94 bits per heavy atom. The Kier molecular flexibility index (Phi) is 7.23. The van der Waals surface area contributed by atoms with Gasteiger partial charge in [0.15, 0.2) is 0 Å². The van der Waals surface area contributed by atoms with Crippen LogP contribution in [0.4, 0.5) is 0 Å². The van der Waals surface area contributed by atoms with Gasteiger partial charge >= 0.3 is 11.9 Å². The van der Waals surface area contributed by atoms with Crippen LogP contribution in [0.25, 0.3) is 10.2 Å². The highest BCUT2D eigenvalue weighted by Crippen LogP contribution is 2.48. The van der Waals surface area contributed by atoms with Gasteiger partial charge in [-0.3, -0.25) is 0 Å². The van der Waals surface area contributed by atoms with E-state index in [0.29, 0.717) is 11.1 Å². The number of carbonyl (C=O) groups excluding carboxylic acids is 2. The van der Waals surface area contributed by atoms with Crippen LogP contribution in [0.1, 0.15) is 75.7 Å². The number of fused-ring (bicyclic) bond motifs is 1. The van der Waals surface area contributed by atoms with E-state index in [9.17, 15) is 9.59 Å². The summed E-state index contributed by atoms with van der Waals surface area (Å²) in [4.78, 5) is 32.4. The summed E-state index contributed by atoms with van der Waals surface area (Å²) in [6.45, 7) is 0. The minimum Gasteiger partial charge on any atom is -0.466 e. The van der Waals surface area contributed by atoms with Crippen molar-refractivity contribution in [3.05, 3.63) is 51.8 Å². The Morgan fingerprint density at radius 2 is 1.43 bits per heavy atom. The van der Waals surface area contributed by atoms with E-state index in [-0.39, 0.29) is 23.8 Å². The third-order valence-corrected chi connectivity index (χ3v) is 8.88. The zero-order chi connectivity index (χ0) is 24.4. The lowest BCUT2D eigenvalue weighted by molar-refractivity contribution is -0.137. The van der Waals surface area contributed by atoms with Gasteiger partial charge in [-0.15, -0.1) is 11.3 Å². The molecule has 0 unspecified atom stereocenters. The van der Waals surface area contributed by atoms with Crippen molar-refractivity contribution in [2.75, 3.05) is 14.2 Å². The van der Waals surface area contributed by atoms with Crippen LogP contribution in [0.15, 0.2) is 46.2 Å². The second-order valence-corrected chi connectivity index (χ2v) is 10.8. The molecule has 7 heteroatoms. The average molecular weight is 495 g/mol. The number of rotatable bonds is 5. The molecule has 2 aromatic rings. The number of dihydropyridines is 1. The Bertz CT molecular complexity index is 1110. The molecule has 186 valence electrons. The Morgan fingerprint density at radius 1 is 0.886 bits per heavy atom. The van der Waals surface area contributed by atoms with Crippen molar-refractivity contribution in [1.29, 1.82) is 0 Å². The topological polar surface area (TPSA) is 77.5 Å². The highest BCUT2D eigenvalue weighted by Gasteiger charge is 2.44. The SMILES string of the molecule is COC(=O)C1=C(C2CCCCC2)NC(C2CCCCC2)=C(C(=O)OC)C1c1csc2ncccc12. The maximum absolute atomic E-state index is 13.5. The van der Waals surface area contributed by atoms with E-state index < -0.39 is 5.92 Å². The number of carbonyl (C=O) groups is 2. The van der Waals surface area contributed by atoms with Crippen LogP contribution in [0, 0.1) is 11.8 Å². The maximum atomic E-state index is 13.5. The quantitative estimate of drug-likeness (QED) is 0.514. The lowest BCUT2D eigenvalue weighted by Crippen LogP contribution is -2.39. The first-order valence-corrected chi connectivity index (χ1v) is 13.8. The zero-order valence-electron chi connectivity index (χ0n) is 20.6. The van der Waals surface area contributed by atoms with Gasteiger partial charge in [0.2, 0.25) is 0 Å². The highest BCUT2D eigenvalue weighted by molar-refractivity contribution is 7.16. The molecular formula is C28H34N2O4S. The fourth-order valence-corrected chi connectivity index (χ4v) is 7.20. The van der Waals surface area contributed by atoms with Crippen molar-refractivity contribution in [3.63, 3.8) is 0 Å². The van der Waals surface area contributed by atoms with Crippen LogP contribution in [-0.4, -0.2) is 31.1 Å². The molecule has 35 heavy (non-hydrogen) atoms. The molecule has 0 aromatic carbocycles. The second-order valence-electron chi connectivity index (χ2n) is 9.91. The van der Waals surface area contributed by atoms with Gasteiger partial charge in [-0.25, -0.2) is 14.6 Å². The summed E-state index contributed by atoms with van der Waals surface area (Å²) in [6.07, 6.45) is 12.9. The third kappa shape index (κ3) is 4.51. The maximum Gasteiger partial charge on any atom is 0.336 e. The summed E-state index contributed by atoms with van der Waals surface area (Å²) < 4.78 is 10.7. The number of methoxy groups -OCH3 is 2. The molecule has 0 atom stereocenters. The standard InChI is InChI=1S/C28H34N2O4S/c1-33-27(31)22-21(20-16-35-26-19(20)14-9-15-29-26)23(28(32)34-2)25(18-12-7-4-8-13-18)30-24(22)17-10-5-3-6-11-17/h9,14-18,21,30H,3-8,10-13H2,1-2H3. The van der Waals surface area contributed by atoms with Crippen LogP contribution < -0.4 is 5.32 Å². The average Bonchev–Trinajstić information content (AvgIpc) is 3.36. The predicted molar refractivity (Wildman–Crippen MR) is 137 cm³/mol. The van der Waals surface area contributed by atoms with Crippen molar-refractivity contribution in [2.24, 2.45) is 11.8 Å². The number of hydrogen-bond acceptors (Lipinski definition) is 7.